The Morgan fingerprint density at radius 1 is 1.17 bits per heavy atom. The van der Waals surface area contributed by atoms with E-state index in [2.05, 4.69) is 22.3 Å². The van der Waals surface area contributed by atoms with Gasteiger partial charge < -0.3 is 20.7 Å². The summed E-state index contributed by atoms with van der Waals surface area (Å²) in [6.45, 7) is 3.60. The van der Waals surface area contributed by atoms with Crippen molar-refractivity contribution in [3.63, 3.8) is 0 Å². The highest BCUT2D eigenvalue weighted by molar-refractivity contribution is 5.95. The summed E-state index contributed by atoms with van der Waals surface area (Å²) in [6.07, 6.45) is 6.83. The monoisotopic (exact) mass is 331 g/mol. The third-order valence-electron chi connectivity index (χ3n) is 5.16. The van der Waals surface area contributed by atoms with Gasteiger partial charge in [-0.3, -0.25) is 4.79 Å². The molecule has 1 aromatic carbocycles. The maximum atomic E-state index is 12.5. The Hall–Kier alpha value is -1.59. The van der Waals surface area contributed by atoms with Gasteiger partial charge in [-0.05, 0) is 49.8 Å². The van der Waals surface area contributed by atoms with Crippen molar-refractivity contribution < 1.29 is 9.53 Å². The number of nitrogens with one attached hydrogen (secondary N) is 1. The van der Waals surface area contributed by atoms with Crippen LogP contribution >= 0.6 is 0 Å². The fourth-order valence-corrected chi connectivity index (χ4v) is 3.62. The molecule has 132 valence electrons. The first kappa shape index (κ1) is 17.2. The van der Waals surface area contributed by atoms with E-state index in [1.165, 1.54) is 31.4 Å². The predicted octanol–water partition coefficient (Wildman–Crippen LogP) is 2.76. The molecule has 0 aliphatic carbocycles. The van der Waals surface area contributed by atoms with Crippen molar-refractivity contribution in [2.24, 2.45) is 11.7 Å². The predicted molar refractivity (Wildman–Crippen MR) is 97.3 cm³/mol. The maximum absolute atomic E-state index is 12.5. The van der Waals surface area contributed by atoms with Crippen molar-refractivity contribution in [2.45, 2.75) is 44.6 Å². The number of amides is 1. The molecule has 2 aliphatic rings. The number of nitrogens with two attached hydrogens (primary N) is 1. The van der Waals surface area contributed by atoms with E-state index in [4.69, 9.17) is 10.5 Å². The van der Waals surface area contributed by atoms with Crippen molar-refractivity contribution in [1.29, 1.82) is 0 Å². The van der Waals surface area contributed by atoms with E-state index >= 15 is 0 Å². The number of hydrogen-bond acceptors (Lipinski definition) is 4. The van der Waals surface area contributed by atoms with Gasteiger partial charge in [0.25, 0.3) is 0 Å². The third-order valence-corrected chi connectivity index (χ3v) is 5.16. The molecule has 2 fully saturated rings. The van der Waals surface area contributed by atoms with Crippen LogP contribution in [0.15, 0.2) is 24.3 Å². The lowest BCUT2D eigenvalue weighted by Crippen LogP contribution is -2.44. The molecule has 5 heteroatoms. The Morgan fingerprint density at radius 3 is 2.58 bits per heavy atom. The molecule has 1 amide bonds. The van der Waals surface area contributed by atoms with Crippen LogP contribution in [0.2, 0.25) is 0 Å². The molecule has 2 aliphatic heterocycles. The van der Waals surface area contributed by atoms with Crippen LogP contribution in [0.3, 0.4) is 0 Å². The molecular weight excluding hydrogens is 302 g/mol. The standard InChI is InChI=1S/C19H29N3O2/c20-18(15-8-12-24-13-9-15)19(23)21-16-6-5-7-17(14-16)22-10-3-1-2-4-11-22/h5-7,14-15,18H,1-4,8-13,20H2,(H,21,23). The van der Waals surface area contributed by atoms with Crippen LogP contribution in [0.5, 0.6) is 0 Å². The lowest BCUT2D eigenvalue weighted by molar-refractivity contribution is -0.119. The van der Waals surface area contributed by atoms with Crippen LogP contribution in [0.4, 0.5) is 11.4 Å². The van der Waals surface area contributed by atoms with Gasteiger partial charge in [0.15, 0.2) is 0 Å². The molecule has 2 heterocycles. The van der Waals surface area contributed by atoms with E-state index < -0.39 is 6.04 Å². The highest BCUT2D eigenvalue weighted by Crippen LogP contribution is 2.24. The van der Waals surface area contributed by atoms with Gasteiger partial charge in [-0.1, -0.05) is 18.9 Å². The molecule has 3 N–H and O–H groups in total. The van der Waals surface area contributed by atoms with E-state index in [1.54, 1.807) is 0 Å². The Bertz CT molecular complexity index is 535. The number of anilines is 2. The van der Waals surface area contributed by atoms with Gasteiger partial charge in [-0.15, -0.1) is 0 Å². The van der Waals surface area contributed by atoms with Crippen molar-refractivity contribution in [3.05, 3.63) is 24.3 Å². The Labute approximate surface area is 144 Å². The summed E-state index contributed by atoms with van der Waals surface area (Å²) in [5.41, 5.74) is 8.19. The number of carbonyl (C=O) groups is 1. The number of ether oxygens (including phenoxy) is 1. The summed E-state index contributed by atoms with van der Waals surface area (Å²) in [7, 11) is 0. The number of rotatable bonds is 4. The van der Waals surface area contributed by atoms with Crippen LogP contribution < -0.4 is 16.0 Å². The van der Waals surface area contributed by atoms with Gasteiger partial charge >= 0.3 is 0 Å². The molecule has 0 saturated carbocycles. The fourth-order valence-electron chi connectivity index (χ4n) is 3.62. The minimum absolute atomic E-state index is 0.0880. The average molecular weight is 331 g/mol. The van der Waals surface area contributed by atoms with Gasteiger partial charge in [-0.25, -0.2) is 0 Å². The molecule has 0 bridgehead atoms. The van der Waals surface area contributed by atoms with E-state index in [9.17, 15) is 4.79 Å². The molecule has 0 radical (unpaired) electrons. The first-order chi connectivity index (χ1) is 11.7. The quantitative estimate of drug-likeness (QED) is 0.890. The van der Waals surface area contributed by atoms with Crippen molar-refractivity contribution in [3.8, 4) is 0 Å². The van der Waals surface area contributed by atoms with Gasteiger partial charge in [0.2, 0.25) is 5.91 Å². The SMILES string of the molecule is NC(C(=O)Nc1cccc(N2CCCCCC2)c1)C1CCOCC1. The van der Waals surface area contributed by atoms with Gasteiger partial charge in [0.1, 0.15) is 0 Å². The Kier molecular flexibility index (Phi) is 6.10. The van der Waals surface area contributed by atoms with Gasteiger partial charge in [0, 0.05) is 37.7 Å². The summed E-state index contributed by atoms with van der Waals surface area (Å²) in [6, 6.07) is 7.68. The van der Waals surface area contributed by atoms with E-state index in [-0.39, 0.29) is 11.8 Å². The summed E-state index contributed by atoms with van der Waals surface area (Å²) >= 11 is 0. The summed E-state index contributed by atoms with van der Waals surface area (Å²) < 4.78 is 5.35. The molecule has 0 aromatic heterocycles. The van der Waals surface area contributed by atoms with Gasteiger partial charge in [-0.2, -0.15) is 0 Å². The van der Waals surface area contributed by atoms with Crippen LogP contribution in [0, 0.1) is 5.92 Å². The Morgan fingerprint density at radius 2 is 1.88 bits per heavy atom. The second-order valence-electron chi connectivity index (χ2n) is 6.92. The second-order valence-corrected chi connectivity index (χ2v) is 6.92. The van der Waals surface area contributed by atoms with Crippen LogP contribution in [0.25, 0.3) is 0 Å². The molecule has 3 rings (SSSR count). The highest BCUT2D eigenvalue weighted by Gasteiger charge is 2.26. The Balaban J connectivity index is 1.61. The topological polar surface area (TPSA) is 67.6 Å². The number of nitrogens with zero attached hydrogens (tertiary/aromatic N) is 1. The average Bonchev–Trinajstić information content (AvgIpc) is 2.91. The zero-order chi connectivity index (χ0) is 16.8. The van der Waals surface area contributed by atoms with Crippen molar-refractivity contribution >= 4 is 17.3 Å². The van der Waals surface area contributed by atoms with E-state index in [0.29, 0.717) is 13.2 Å². The van der Waals surface area contributed by atoms with Crippen molar-refractivity contribution in [1.82, 2.24) is 0 Å². The number of carbonyl (C=O) groups excluding carboxylic acids is 1. The largest absolute Gasteiger partial charge is 0.381 e. The van der Waals surface area contributed by atoms with Crippen molar-refractivity contribution in [2.75, 3.05) is 36.5 Å². The highest BCUT2D eigenvalue weighted by atomic mass is 16.5. The van der Waals surface area contributed by atoms with Crippen LogP contribution in [-0.4, -0.2) is 38.3 Å². The molecular formula is C19H29N3O2. The summed E-state index contributed by atoms with van der Waals surface area (Å²) in [4.78, 5) is 14.9. The van der Waals surface area contributed by atoms with Gasteiger partial charge in [0.05, 0.1) is 6.04 Å². The number of benzene rings is 1. The molecule has 2 saturated heterocycles. The zero-order valence-corrected chi connectivity index (χ0v) is 14.4. The second kappa shape index (κ2) is 8.49. The maximum Gasteiger partial charge on any atom is 0.241 e. The molecule has 1 aromatic rings. The molecule has 0 spiro atoms. The minimum Gasteiger partial charge on any atom is -0.381 e. The molecule has 1 unspecified atom stereocenters. The molecule has 24 heavy (non-hydrogen) atoms. The minimum atomic E-state index is -0.462. The van der Waals surface area contributed by atoms with E-state index in [1.807, 2.05) is 12.1 Å². The van der Waals surface area contributed by atoms with E-state index in [0.717, 1.165) is 31.6 Å². The first-order valence-electron chi connectivity index (χ1n) is 9.23. The lowest BCUT2D eigenvalue weighted by atomic mass is 9.92. The normalized spacial score (nSPS) is 21.1. The number of hydrogen-bond donors (Lipinski definition) is 2. The molecule has 5 nitrogen and oxygen atoms in total. The lowest BCUT2D eigenvalue weighted by Gasteiger charge is -2.27. The fraction of sp³-hybridized carbons (Fsp3) is 0.632. The summed E-state index contributed by atoms with van der Waals surface area (Å²) in [5.74, 6) is 0.127. The smallest absolute Gasteiger partial charge is 0.241 e. The third kappa shape index (κ3) is 4.48. The van der Waals surface area contributed by atoms with Crippen LogP contribution in [-0.2, 0) is 9.53 Å². The summed E-state index contributed by atoms with van der Waals surface area (Å²) in [5, 5.41) is 3.00. The van der Waals surface area contributed by atoms with Crippen LogP contribution in [0.1, 0.15) is 38.5 Å². The first-order valence-corrected chi connectivity index (χ1v) is 9.23. The molecule has 1 atom stereocenters. The zero-order valence-electron chi connectivity index (χ0n) is 14.4.